The van der Waals surface area contributed by atoms with Gasteiger partial charge in [-0.3, -0.25) is 0 Å². The van der Waals surface area contributed by atoms with E-state index in [4.69, 9.17) is 5.73 Å². The lowest BCUT2D eigenvalue weighted by Gasteiger charge is -2.12. The quantitative estimate of drug-likeness (QED) is 0.861. The van der Waals surface area contributed by atoms with Crippen LogP contribution in [0.4, 0.5) is 0 Å². The number of hydrogen-bond donors (Lipinski definition) is 1. The molecule has 4 nitrogen and oxygen atoms in total. The molecule has 1 aliphatic carbocycles. The van der Waals surface area contributed by atoms with E-state index in [0.717, 1.165) is 16.7 Å². The Bertz CT molecular complexity index is 635. The smallest absolute Gasteiger partial charge is 0.191 e. The molecule has 0 saturated heterocycles. The maximum absolute atomic E-state index is 5.77. The summed E-state index contributed by atoms with van der Waals surface area (Å²) in [7, 11) is 0. The fourth-order valence-electron chi connectivity index (χ4n) is 2.82. The van der Waals surface area contributed by atoms with Crippen LogP contribution in [0.3, 0.4) is 0 Å². The lowest BCUT2D eigenvalue weighted by Crippen LogP contribution is -2.08. The van der Waals surface area contributed by atoms with E-state index in [0.29, 0.717) is 12.6 Å². The lowest BCUT2D eigenvalue weighted by molar-refractivity contribution is 0.626. The molecule has 2 aromatic rings. The highest BCUT2D eigenvalue weighted by Gasteiger charge is 2.29. The Morgan fingerprint density at radius 3 is 2.43 bits per heavy atom. The van der Waals surface area contributed by atoms with Gasteiger partial charge >= 0.3 is 0 Å². The van der Waals surface area contributed by atoms with Gasteiger partial charge in [0.2, 0.25) is 0 Å². The molecule has 3 rings (SSSR count). The average molecular weight is 302 g/mol. The van der Waals surface area contributed by atoms with Gasteiger partial charge in [0.05, 0.1) is 6.54 Å². The summed E-state index contributed by atoms with van der Waals surface area (Å²) >= 11 is 1.77. The molecule has 21 heavy (non-hydrogen) atoms. The van der Waals surface area contributed by atoms with Gasteiger partial charge in [-0.05, 0) is 50.3 Å². The highest BCUT2D eigenvalue weighted by Crippen LogP contribution is 2.39. The summed E-state index contributed by atoms with van der Waals surface area (Å²) in [6, 6.07) is 5.07. The SMILES string of the molecule is Cc1cc(C)c(CSc2nnc(CN)n2C2CC2)c(C)c1. The number of hydrogen-bond acceptors (Lipinski definition) is 4. The first kappa shape index (κ1) is 14.6. The van der Waals surface area contributed by atoms with E-state index in [1.165, 1.54) is 35.1 Å². The summed E-state index contributed by atoms with van der Waals surface area (Å²) in [5.74, 6) is 1.85. The third-order valence-electron chi connectivity index (χ3n) is 4.02. The second kappa shape index (κ2) is 5.81. The lowest BCUT2D eigenvalue weighted by atomic mass is 10.0. The third-order valence-corrected chi connectivity index (χ3v) is 4.99. The Kier molecular flexibility index (Phi) is 4.04. The highest BCUT2D eigenvalue weighted by atomic mass is 32.2. The zero-order valence-electron chi connectivity index (χ0n) is 12.9. The second-order valence-electron chi connectivity index (χ2n) is 5.87. The number of benzene rings is 1. The van der Waals surface area contributed by atoms with Gasteiger partial charge in [0.1, 0.15) is 5.82 Å². The van der Waals surface area contributed by atoms with Crippen LogP contribution in [-0.4, -0.2) is 14.8 Å². The fraction of sp³-hybridized carbons (Fsp3) is 0.500. The van der Waals surface area contributed by atoms with Crippen LogP contribution in [-0.2, 0) is 12.3 Å². The monoisotopic (exact) mass is 302 g/mol. The van der Waals surface area contributed by atoms with Gasteiger partial charge in [0.15, 0.2) is 5.16 Å². The molecule has 0 unspecified atom stereocenters. The van der Waals surface area contributed by atoms with Crippen molar-refractivity contribution in [1.82, 2.24) is 14.8 Å². The fourth-order valence-corrected chi connectivity index (χ4v) is 4.04. The van der Waals surface area contributed by atoms with Crippen molar-refractivity contribution < 1.29 is 0 Å². The van der Waals surface area contributed by atoms with Crippen molar-refractivity contribution >= 4 is 11.8 Å². The first-order valence-electron chi connectivity index (χ1n) is 7.43. The van der Waals surface area contributed by atoms with Crippen LogP contribution in [0.2, 0.25) is 0 Å². The van der Waals surface area contributed by atoms with Crippen molar-refractivity contribution in [3.63, 3.8) is 0 Å². The van der Waals surface area contributed by atoms with Crippen molar-refractivity contribution in [2.45, 2.75) is 57.1 Å². The van der Waals surface area contributed by atoms with E-state index in [1.807, 2.05) is 0 Å². The normalized spacial score (nSPS) is 14.7. The van der Waals surface area contributed by atoms with Gasteiger partial charge in [-0.15, -0.1) is 10.2 Å². The second-order valence-corrected chi connectivity index (χ2v) is 6.81. The molecule has 0 radical (unpaired) electrons. The molecule has 1 fully saturated rings. The summed E-state index contributed by atoms with van der Waals surface area (Å²) in [5, 5.41) is 9.58. The molecular weight excluding hydrogens is 280 g/mol. The zero-order chi connectivity index (χ0) is 15.0. The molecule has 1 aliphatic rings. The molecule has 0 bridgehead atoms. The molecule has 5 heteroatoms. The van der Waals surface area contributed by atoms with Gasteiger partial charge in [-0.1, -0.05) is 29.5 Å². The minimum Gasteiger partial charge on any atom is -0.324 e. The Morgan fingerprint density at radius 1 is 1.19 bits per heavy atom. The number of aromatic nitrogens is 3. The number of rotatable bonds is 5. The van der Waals surface area contributed by atoms with Crippen LogP contribution in [0.25, 0.3) is 0 Å². The molecular formula is C16H22N4S. The van der Waals surface area contributed by atoms with Crippen molar-refractivity contribution in [3.05, 3.63) is 40.2 Å². The average Bonchev–Trinajstić information content (AvgIpc) is 3.18. The molecule has 2 N–H and O–H groups in total. The van der Waals surface area contributed by atoms with Crippen LogP contribution in [0.1, 0.15) is 47.0 Å². The predicted octanol–water partition coefficient (Wildman–Crippen LogP) is 3.29. The van der Waals surface area contributed by atoms with Crippen molar-refractivity contribution in [2.75, 3.05) is 0 Å². The first-order valence-corrected chi connectivity index (χ1v) is 8.42. The number of nitrogens with two attached hydrogens (primary N) is 1. The standard InChI is InChI=1S/C16H22N4S/c1-10-6-11(2)14(12(3)7-10)9-21-16-19-18-15(8-17)20(16)13-4-5-13/h6-7,13H,4-5,8-9,17H2,1-3H3. The van der Waals surface area contributed by atoms with Gasteiger partial charge in [0, 0.05) is 11.8 Å². The van der Waals surface area contributed by atoms with E-state index in [2.05, 4.69) is 47.7 Å². The summed E-state index contributed by atoms with van der Waals surface area (Å²) in [5.41, 5.74) is 11.2. The van der Waals surface area contributed by atoms with Crippen molar-refractivity contribution in [1.29, 1.82) is 0 Å². The minimum atomic E-state index is 0.465. The van der Waals surface area contributed by atoms with Crippen LogP contribution in [0.15, 0.2) is 17.3 Å². The summed E-state index contributed by atoms with van der Waals surface area (Å²) < 4.78 is 2.24. The highest BCUT2D eigenvalue weighted by molar-refractivity contribution is 7.98. The Labute approximate surface area is 130 Å². The van der Waals surface area contributed by atoms with E-state index >= 15 is 0 Å². The summed E-state index contributed by atoms with van der Waals surface area (Å²) in [6.07, 6.45) is 2.45. The van der Waals surface area contributed by atoms with Crippen molar-refractivity contribution in [3.8, 4) is 0 Å². The maximum Gasteiger partial charge on any atom is 0.191 e. The van der Waals surface area contributed by atoms with Crippen LogP contribution in [0.5, 0.6) is 0 Å². The topological polar surface area (TPSA) is 56.7 Å². The molecule has 0 spiro atoms. The van der Waals surface area contributed by atoms with E-state index < -0.39 is 0 Å². The molecule has 1 aromatic carbocycles. The Balaban J connectivity index is 1.81. The summed E-state index contributed by atoms with van der Waals surface area (Å²) in [4.78, 5) is 0. The van der Waals surface area contributed by atoms with E-state index in [-0.39, 0.29) is 0 Å². The van der Waals surface area contributed by atoms with Crippen LogP contribution in [0, 0.1) is 20.8 Å². The molecule has 1 heterocycles. The maximum atomic E-state index is 5.77. The van der Waals surface area contributed by atoms with Crippen LogP contribution < -0.4 is 5.73 Å². The van der Waals surface area contributed by atoms with Crippen molar-refractivity contribution in [2.24, 2.45) is 5.73 Å². The molecule has 0 amide bonds. The Hall–Kier alpha value is -1.33. The van der Waals surface area contributed by atoms with E-state index in [1.54, 1.807) is 11.8 Å². The molecule has 0 atom stereocenters. The Morgan fingerprint density at radius 2 is 1.86 bits per heavy atom. The molecule has 1 saturated carbocycles. The van der Waals surface area contributed by atoms with Gasteiger partial charge < -0.3 is 10.3 Å². The number of aryl methyl sites for hydroxylation is 3. The number of thioether (sulfide) groups is 1. The van der Waals surface area contributed by atoms with Gasteiger partial charge in [-0.25, -0.2) is 0 Å². The molecule has 1 aromatic heterocycles. The minimum absolute atomic E-state index is 0.465. The van der Waals surface area contributed by atoms with Gasteiger partial charge in [0.25, 0.3) is 0 Å². The number of nitrogens with zero attached hydrogens (tertiary/aromatic N) is 3. The van der Waals surface area contributed by atoms with Gasteiger partial charge in [-0.2, -0.15) is 0 Å². The van der Waals surface area contributed by atoms with Crippen LogP contribution >= 0.6 is 11.8 Å². The molecule has 112 valence electrons. The van der Waals surface area contributed by atoms with E-state index in [9.17, 15) is 0 Å². The first-order chi connectivity index (χ1) is 10.1. The zero-order valence-corrected chi connectivity index (χ0v) is 13.7. The third kappa shape index (κ3) is 2.99. The summed E-state index contributed by atoms with van der Waals surface area (Å²) in [6.45, 7) is 6.99. The largest absolute Gasteiger partial charge is 0.324 e. The predicted molar refractivity (Wildman–Crippen MR) is 86.4 cm³/mol. The molecule has 0 aliphatic heterocycles.